The number of hydrogen-bond acceptors (Lipinski definition) is 2. The highest BCUT2D eigenvalue weighted by molar-refractivity contribution is 8.14. The first-order valence-corrected chi connectivity index (χ1v) is 4.37. The van der Waals surface area contributed by atoms with Crippen LogP contribution in [0.15, 0.2) is 0 Å². The molecule has 1 rings (SSSR count). The zero-order chi connectivity index (χ0) is 6.85. The van der Waals surface area contributed by atoms with Crippen molar-refractivity contribution in [1.29, 1.82) is 0 Å². The Hall–Kier alpha value is 0.0200. The molecule has 9 heavy (non-hydrogen) atoms. The van der Waals surface area contributed by atoms with Crippen LogP contribution in [0.1, 0.15) is 20.3 Å². The van der Waals surface area contributed by atoms with Gasteiger partial charge < -0.3 is 0 Å². The van der Waals surface area contributed by atoms with E-state index in [9.17, 15) is 4.79 Å². The van der Waals surface area contributed by atoms with Gasteiger partial charge in [0.15, 0.2) is 5.12 Å². The Labute approximate surface area is 60.2 Å². The van der Waals surface area contributed by atoms with Crippen molar-refractivity contribution in [1.82, 2.24) is 0 Å². The SMILES string of the molecule is CC(C)C1CCSC1=O. The molecule has 0 radical (unpaired) electrons. The first-order valence-electron chi connectivity index (χ1n) is 3.38. The zero-order valence-corrected chi connectivity index (χ0v) is 6.70. The standard InChI is InChI=1S/C7H12OS/c1-5(2)6-3-4-9-7(6)8/h5-6H,3-4H2,1-2H3. The summed E-state index contributed by atoms with van der Waals surface area (Å²) < 4.78 is 0. The third-order valence-electron chi connectivity index (χ3n) is 1.78. The van der Waals surface area contributed by atoms with Gasteiger partial charge in [0.2, 0.25) is 0 Å². The summed E-state index contributed by atoms with van der Waals surface area (Å²) in [6.45, 7) is 4.24. The van der Waals surface area contributed by atoms with Gasteiger partial charge in [-0.25, -0.2) is 0 Å². The normalized spacial score (nSPS) is 27.9. The molecule has 1 fully saturated rings. The van der Waals surface area contributed by atoms with Crippen LogP contribution in [-0.2, 0) is 4.79 Å². The largest absolute Gasteiger partial charge is 0.287 e. The number of thioether (sulfide) groups is 1. The summed E-state index contributed by atoms with van der Waals surface area (Å²) in [7, 11) is 0. The molecule has 1 unspecified atom stereocenters. The van der Waals surface area contributed by atoms with Crippen molar-refractivity contribution in [3.63, 3.8) is 0 Å². The molecule has 1 nitrogen and oxygen atoms in total. The lowest BCUT2D eigenvalue weighted by Gasteiger charge is -2.09. The van der Waals surface area contributed by atoms with Crippen LogP contribution in [-0.4, -0.2) is 10.9 Å². The predicted molar refractivity (Wildman–Crippen MR) is 40.4 cm³/mol. The fourth-order valence-corrected chi connectivity index (χ4v) is 2.29. The average molecular weight is 144 g/mol. The summed E-state index contributed by atoms with van der Waals surface area (Å²) in [5, 5.41) is 0.407. The van der Waals surface area contributed by atoms with Crippen LogP contribution < -0.4 is 0 Å². The Morgan fingerprint density at radius 2 is 2.33 bits per heavy atom. The molecular weight excluding hydrogens is 132 g/mol. The number of carbonyl (C=O) groups excluding carboxylic acids is 1. The van der Waals surface area contributed by atoms with E-state index in [1.807, 2.05) is 0 Å². The molecule has 52 valence electrons. The minimum absolute atomic E-state index is 0.356. The molecule has 0 bridgehead atoms. The van der Waals surface area contributed by atoms with Gasteiger partial charge in [-0.15, -0.1) is 0 Å². The minimum atomic E-state index is 0.356. The molecule has 0 N–H and O–H groups in total. The van der Waals surface area contributed by atoms with Gasteiger partial charge in [-0.1, -0.05) is 25.6 Å². The second kappa shape index (κ2) is 2.74. The van der Waals surface area contributed by atoms with Gasteiger partial charge in [0.05, 0.1) is 0 Å². The molecule has 0 aromatic carbocycles. The Bertz CT molecular complexity index is 120. The summed E-state index contributed by atoms with van der Waals surface area (Å²) >= 11 is 1.49. The summed E-state index contributed by atoms with van der Waals surface area (Å²) in [5.41, 5.74) is 0. The lowest BCUT2D eigenvalue weighted by Crippen LogP contribution is -2.11. The van der Waals surface area contributed by atoms with Crippen molar-refractivity contribution < 1.29 is 4.79 Å². The summed E-state index contributed by atoms with van der Waals surface area (Å²) in [6, 6.07) is 0. The van der Waals surface area contributed by atoms with Crippen LogP contribution >= 0.6 is 11.8 Å². The Morgan fingerprint density at radius 3 is 2.56 bits per heavy atom. The van der Waals surface area contributed by atoms with Gasteiger partial charge in [-0.05, 0) is 12.3 Å². The first-order chi connectivity index (χ1) is 4.22. The van der Waals surface area contributed by atoms with Crippen molar-refractivity contribution in [3.05, 3.63) is 0 Å². The van der Waals surface area contributed by atoms with Crippen LogP contribution in [0, 0.1) is 11.8 Å². The molecular formula is C7H12OS. The van der Waals surface area contributed by atoms with Gasteiger partial charge in [0.1, 0.15) is 0 Å². The maximum Gasteiger partial charge on any atom is 0.192 e. The number of rotatable bonds is 1. The van der Waals surface area contributed by atoms with E-state index in [4.69, 9.17) is 0 Å². The van der Waals surface area contributed by atoms with Gasteiger partial charge in [-0.3, -0.25) is 4.79 Å². The molecule has 1 atom stereocenters. The topological polar surface area (TPSA) is 17.1 Å². The maximum absolute atomic E-state index is 11.0. The van der Waals surface area contributed by atoms with Crippen molar-refractivity contribution in [2.45, 2.75) is 20.3 Å². The van der Waals surface area contributed by atoms with Crippen molar-refractivity contribution in [2.24, 2.45) is 11.8 Å². The van der Waals surface area contributed by atoms with E-state index in [1.54, 1.807) is 0 Å². The van der Waals surface area contributed by atoms with Crippen molar-refractivity contribution in [3.8, 4) is 0 Å². The van der Waals surface area contributed by atoms with Crippen LogP contribution in [0.2, 0.25) is 0 Å². The van der Waals surface area contributed by atoms with Crippen LogP contribution in [0.25, 0.3) is 0 Å². The van der Waals surface area contributed by atoms with Crippen LogP contribution in [0.4, 0.5) is 0 Å². The third-order valence-corrected chi connectivity index (χ3v) is 2.81. The van der Waals surface area contributed by atoms with E-state index in [0.29, 0.717) is 17.0 Å². The number of hydrogen-bond donors (Lipinski definition) is 0. The van der Waals surface area contributed by atoms with E-state index >= 15 is 0 Å². The Balaban J connectivity index is 2.49. The van der Waals surface area contributed by atoms with E-state index in [1.165, 1.54) is 11.8 Å². The van der Waals surface area contributed by atoms with Gasteiger partial charge >= 0.3 is 0 Å². The minimum Gasteiger partial charge on any atom is -0.287 e. The lowest BCUT2D eigenvalue weighted by atomic mass is 9.95. The van der Waals surface area contributed by atoms with Crippen molar-refractivity contribution >= 4 is 16.9 Å². The molecule has 1 saturated heterocycles. The molecule has 1 aliphatic rings. The van der Waals surface area contributed by atoms with E-state index in [2.05, 4.69) is 13.8 Å². The lowest BCUT2D eigenvalue weighted by molar-refractivity contribution is -0.114. The summed E-state index contributed by atoms with van der Waals surface area (Å²) in [6.07, 6.45) is 1.10. The van der Waals surface area contributed by atoms with Gasteiger partial charge in [-0.2, -0.15) is 0 Å². The van der Waals surface area contributed by atoms with E-state index < -0.39 is 0 Å². The molecule has 0 spiro atoms. The third kappa shape index (κ3) is 1.48. The fraction of sp³-hybridized carbons (Fsp3) is 0.857. The smallest absolute Gasteiger partial charge is 0.192 e. The molecule has 0 aliphatic carbocycles. The quantitative estimate of drug-likeness (QED) is 0.559. The Morgan fingerprint density at radius 1 is 1.67 bits per heavy atom. The van der Waals surface area contributed by atoms with Crippen LogP contribution in [0.5, 0.6) is 0 Å². The molecule has 1 aliphatic heterocycles. The molecule has 0 saturated carbocycles. The highest BCUT2D eigenvalue weighted by atomic mass is 32.2. The Kier molecular flexibility index (Phi) is 2.17. The van der Waals surface area contributed by atoms with Gasteiger partial charge in [0, 0.05) is 11.7 Å². The fourth-order valence-electron chi connectivity index (χ4n) is 1.12. The molecule has 0 aromatic rings. The summed E-state index contributed by atoms with van der Waals surface area (Å²) in [4.78, 5) is 11.0. The maximum atomic E-state index is 11.0. The van der Waals surface area contributed by atoms with E-state index in [-0.39, 0.29) is 0 Å². The van der Waals surface area contributed by atoms with Crippen LogP contribution in [0.3, 0.4) is 0 Å². The van der Waals surface area contributed by atoms with Crippen molar-refractivity contribution in [2.75, 3.05) is 5.75 Å². The highest BCUT2D eigenvalue weighted by Crippen LogP contribution is 2.30. The molecule has 0 aromatic heterocycles. The monoisotopic (exact) mass is 144 g/mol. The first kappa shape index (κ1) is 7.13. The second-order valence-corrected chi connectivity index (χ2v) is 3.91. The van der Waals surface area contributed by atoms with Gasteiger partial charge in [0.25, 0.3) is 0 Å². The molecule has 1 heterocycles. The average Bonchev–Trinajstić information content (AvgIpc) is 2.13. The highest BCUT2D eigenvalue weighted by Gasteiger charge is 2.27. The number of carbonyl (C=O) groups is 1. The molecule has 0 amide bonds. The van der Waals surface area contributed by atoms with E-state index in [0.717, 1.165) is 12.2 Å². The second-order valence-electron chi connectivity index (χ2n) is 2.81. The molecule has 2 heteroatoms. The summed E-state index contributed by atoms with van der Waals surface area (Å²) in [5.74, 6) is 1.95. The predicted octanol–water partition coefficient (Wildman–Crippen LogP) is 1.92. The zero-order valence-electron chi connectivity index (χ0n) is 5.89.